The molecule has 0 bridgehead atoms. The van der Waals surface area contributed by atoms with Gasteiger partial charge in [0, 0.05) is 24.8 Å². The van der Waals surface area contributed by atoms with Crippen LogP contribution in [0, 0.1) is 11.6 Å². The zero-order valence-corrected chi connectivity index (χ0v) is 13.1. The second kappa shape index (κ2) is 7.79. The minimum Gasteiger partial charge on any atom is -0.380 e. The van der Waals surface area contributed by atoms with Crippen molar-refractivity contribution in [1.29, 1.82) is 0 Å². The van der Waals surface area contributed by atoms with Gasteiger partial charge in [0.15, 0.2) is 5.82 Å². The fourth-order valence-corrected chi connectivity index (χ4v) is 3.11. The third-order valence-electron chi connectivity index (χ3n) is 2.72. The van der Waals surface area contributed by atoms with Gasteiger partial charge < -0.3 is 10.1 Å². The number of hydrogen-bond donors (Lipinski definition) is 2. The summed E-state index contributed by atoms with van der Waals surface area (Å²) in [5.74, 6) is -1.87. The molecule has 0 saturated carbocycles. The predicted octanol–water partition coefficient (Wildman–Crippen LogP) is 1.39. The van der Waals surface area contributed by atoms with Gasteiger partial charge in [0.25, 0.3) is 0 Å². The summed E-state index contributed by atoms with van der Waals surface area (Å²) >= 11 is 0. The summed E-state index contributed by atoms with van der Waals surface area (Å²) in [5.41, 5.74) is -0.308. The van der Waals surface area contributed by atoms with Crippen LogP contribution in [0.3, 0.4) is 0 Å². The van der Waals surface area contributed by atoms with E-state index in [1.54, 1.807) is 13.8 Å². The maximum Gasteiger partial charge on any atom is 0.243 e. The summed E-state index contributed by atoms with van der Waals surface area (Å²) in [6, 6.07) is 1.34. The Hall–Kier alpha value is -1.09. The molecule has 1 aromatic carbocycles. The molecule has 1 rings (SSSR count). The van der Waals surface area contributed by atoms with E-state index < -0.39 is 32.6 Å². The number of ether oxygens (including phenoxy) is 1. The standard InChI is InChI=1S/C13H20F2N2O3S/c1-4-20-8-9(2)17-21(18,19)12-6-5-11(14)10(7-16-3)13(12)15/h5-6,9,16-17H,4,7-8H2,1-3H3. The summed E-state index contributed by atoms with van der Waals surface area (Å²) in [4.78, 5) is -0.572. The highest BCUT2D eigenvalue weighted by molar-refractivity contribution is 7.89. The molecule has 2 N–H and O–H groups in total. The van der Waals surface area contributed by atoms with Crippen molar-refractivity contribution in [2.45, 2.75) is 31.3 Å². The van der Waals surface area contributed by atoms with Gasteiger partial charge in [0.1, 0.15) is 10.7 Å². The highest BCUT2D eigenvalue weighted by Crippen LogP contribution is 2.21. The Balaban J connectivity index is 3.06. The first kappa shape index (κ1) is 18.0. The summed E-state index contributed by atoms with van der Waals surface area (Å²) in [6.45, 7) is 3.90. The van der Waals surface area contributed by atoms with Crippen LogP contribution in [0.15, 0.2) is 17.0 Å². The monoisotopic (exact) mass is 322 g/mol. The molecule has 0 fully saturated rings. The molecule has 0 heterocycles. The van der Waals surface area contributed by atoms with Gasteiger partial charge in [0.05, 0.1) is 6.61 Å². The Labute approximate surface area is 123 Å². The molecule has 1 atom stereocenters. The molecule has 1 unspecified atom stereocenters. The maximum atomic E-state index is 14.2. The van der Waals surface area contributed by atoms with E-state index in [1.807, 2.05) is 0 Å². The fraction of sp³-hybridized carbons (Fsp3) is 0.538. The summed E-state index contributed by atoms with van der Waals surface area (Å²) in [7, 11) is -2.56. The smallest absolute Gasteiger partial charge is 0.243 e. The van der Waals surface area contributed by atoms with Crippen LogP contribution in [0.25, 0.3) is 0 Å². The number of sulfonamides is 1. The van der Waals surface area contributed by atoms with Gasteiger partial charge >= 0.3 is 0 Å². The molecular formula is C13H20F2N2O3S. The molecule has 0 radical (unpaired) electrons. The SMILES string of the molecule is CCOCC(C)NS(=O)(=O)c1ccc(F)c(CNC)c1F. The van der Waals surface area contributed by atoms with E-state index in [0.717, 1.165) is 12.1 Å². The van der Waals surface area contributed by atoms with Crippen LogP contribution >= 0.6 is 0 Å². The lowest BCUT2D eigenvalue weighted by molar-refractivity contribution is 0.133. The molecule has 0 amide bonds. The average Bonchev–Trinajstić information content (AvgIpc) is 2.40. The third kappa shape index (κ3) is 4.70. The first-order chi connectivity index (χ1) is 9.83. The molecule has 0 aliphatic heterocycles. The normalized spacial score (nSPS) is 13.4. The largest absolute Gasteiger partial charge is 0.380 e. The Morgan fingerprint density at radius 1 is 1.33 bits per heavy atom. The van der Waals surface area contributed by atoms with Crippen molar-refractivity contribution in [2.75, 3.05) is 20.3 Å². The summed E-state index contributed by atoms with van der Waals surface area (Å²) in [6.07, 6.45) is 0. The van der Waals surface area contributed by atoms with Crippen molar-refractivity contribution >= 4 is 10.0 Å². The highest BCUT2D eigenvalue weighted by atomic mass is 32.2. The van der Waals surface area contributed by atoms with E-state index >= 15 is 0 Å². The lowest BCUT2D eigenvalue weighted by Gasteiger charge is -2.15. The van der Waals surface area contributed by atoms with Crippen molar-refractivity contribution < 1.29 is 21.9 Å². The van der Waals surface area contributed by atoms with Crippen LogP contribution in [0.5, 0.6) is 0 Å². The second-order valence-electron chi connectivity index (χ2n) is 4.55. The van der Waals surface area contributed by atoms with Crippen LogP contribution in [0.4, 0.5) is 8.78 Å². The number of rotatable bonds is 8. The van der Waals surface area contributed by atoms with Crippen molar-refractivity contribution in [2.24, 2.45) is 0 Å². The quantitative estimate of drug-likeness (QED) is 0.759. The van der Waals surface area contributed by atoms with Gasteiger partial charge in [-0.25, -0.2) is 21.9 Å². The minimum absolute atomic E-state index is 0.102. The van der Waals surface area contributed by atoms with E-state index in [1.165, 1.54) is 7.05 Å². The van der Waals surface area contributed by atoms with E-state index in [2.05, 4.69) is 10.0 Å². The molecular weight excluding hydrogens is 302 g/mol. The number of hydrogen-bond acceptors (Lipinski definition) is 4. The number of halogens is 2. The van der Waals surface area contributed by atoms with Gasteiger partial charge in [-0.05, 0) is 33.0 Å². The van der Waals surface area contributed by atoms with Crippen LogP contribution < -0.4 is 10.0 Å². The Bertz CT molecular complexity index is 579. The fourth-order valence-electron chi connectivity index (χ4n) is 1.78. The summed E-state index contributed by atoms with van der Waals surface area (Å²) < 4.78 is 59.4. The topological polar surface area (TPSA) is 67.4 Å². The Morgan fingerprint density at radius 3 is 2.57 bits per heavy atom. The van der Waals surface area contributed by atoms with E-state index in [-0.39, 0.29) is 18.7 Å². The van der Waals surface area contributed by atoms with Crippen molar-refractivity contribution in [3.05, 3.63) is 29.3 Å². The van der Waals surface area contributed by atoms with E-state index in [4.69, 9.17) is 4.74 Å². The number of nitrogens with one attached hydrogen (secondary N) is 2. The number of benzene rings is 1. The van der Waals surface area contributed by atoms with Crippen molar-refractivity contribution in [1.82, 2.24) is 10.0 Å². The van der Waals surface area contributed by atoms with Crippen molar-refractivity contribution in [3.8, 4) is 0 Å². The van der Waals surface area contributed by atoms with Crippen molar-refractivity contribution in [3.63, 3.8) is 0 Å². The van der Waals surface area contributed by atoms with Crippen LogP contribution in [0.2, 0.25) is 0 Å². The van der Waals surface area contributed by atoms with E-state index in [0.29, 0.717) is 6.61 Å². The molecule has 0 aliphatic rings. The van der Waals surface area contributed by atoms with Gasteiger partial charge in [-0.2, -0.15) is 0 Å². The molecule has 1 aromatic rings. The molecule has 21 heavy (non-hydrogen) atoms. The summed E-state index contributed by atoms with van der Waals surface area (Å²) in [5, 5.41) is 2.60. The van der Waals surface area contributed by atoms with Crippen LogP contribution in [0.1, 0.15) is 19.4 Å². The molecule has 8 heteroatoms. The lowest BCUT2D eigenvalue weighted by Crippen LogP contribution is -2.36. The maximum absolute atomic E-state index is 14.2. The first-order valence-electron chi connectivity index (χ1n) is 6.55. The molecule has 5 nitrogen and oxygen atoms in total. The molecule has 0 aliphatic carbocycles. The van der Waals surface area contributed by atoms with Crippen LogP contribution in [-0.2, 0) is 21.3 Å². The van der Waals surface area contributed by atoms with Gasteiger partial charge in [-0.3, -0.25) is 0 Å². The van der Waals surface area contributed by atoms with Gasteiger partial charge in [-0.1, -0.05) is 0 Å². The molecule has 0 saturated heterocycles. The third-order valence-corrected chi connectivity index (χ3v) is 4.33. The zero-order valence-electron chi connectivity index (χ0n) is 12.2. The molecule has 0 spiro atoms. The lowest BCUT2D eigenvalue weighted by atomic mass is 10.2. The Morgan fingerprint density at radius 2 is 2.00 bits per heavy atom. The zero-order chi connectivity index (χ0) is 16.0. The average molecular weight is 322 g/mol. The molecule has 120 valence electrons. The van der Waals surface area contributed by atoms with Gasteiger partial charge in [-0.15, -0.1) is 0 Å². The highest BCUT2D eigenvalue weighted by Gasteiger charge is 2.24. The van der Waals surface area contributed by atoms with E-state index in [9.17, 15) is 17.2 Å². The second-order valence-corrected chi connectivity index (χ2v) is 6.23. The molecule has 0 aromatic heterocycles. The van der Waals surface area contributed by atoms with Crippen LogP contribution in [-0.4, -0.2) is 34.7 Å². The minimum atomic E-state index is -4.08. The predicted molar refractivity (Wildman–Crippen MR) is 75.4 cm³/mol. The Kier molecular flexibility index (Phi) is 6.66. The first-order valence-corrected chi connectivity index (χ1v) is 8.03. The van der Waals surface area contributed by atoms with Gasteiger partial charge in [0.2, 0.25) is 10.0 Å².